The zero-order chi connectivity index (χ0) is 17.8. The van der Waals surface area contributed by atoms with E-state index >= 15 is 0 Å². The molecule has 6 heteroatoms. The Balaban J connectivity index is 1.57. The average molecular weight is 364 g/mol. The van der Waals surface area contributed by atoms with Crippen molar-refractivity contribution in [3.05, 3.63) is 28.5 Å². The van der Waals surface area contributed by atoms with Gasteiger partial charge in [0, 0.05) is 6.07 Å². The quantitative estimate of drug-likeness (QED) is 0.853. The fraction of sp³-hybridized carbons (Fsp3) is 0.579. The van der Waals surface area contributed by atoms with Gasteiger partial charge in [-0.3, -0.25) is 0 Å². The topological polar surface area (TPSA) is 70.3 Å². The van der Waals surface area contributed by atoms with Crippen LogP contribution in [0.5, 0.6) is 5.75 Å². The van der Waals surface area contributed by atoms with Crippen molar-refractivity contribution in [2.75, 3.05) is 6.61 Å². The van der Waals surface area contributed by atoms with Gasteiger partial charge in [0.25, 0.3) is 0 Å². The minimum Gasteiger partial charge on any atom is -0.490 e. The van der Waals surface area contributed by atoms with Gasteiger partial charge in [-0.05, 0) is 61.8 Å². The normalized spacial score (nSPS) is 35.4. The van der Waals surface area contributed by atoms with Crippen LogP contribution in [0.4, 0.5) is 4.39 Å². The summed E-state index contributed by atoms with van der Waals surface area (Å²) in [5, 5.41) is 19.0. The fourth-order valence-electron chi connectivity index (χ4n) is 5.48. The Morgan fingerprint density at radius 3 is 2.40 bits per heavy atom. The van der Waals surface area contributed by atoms with E-state index in [9.17, 15) is 14.4 Å². The van der Waals surface area contributed by atoms with Crippen LogP contribution in [-0.2, 0) is 0 Å². The van der Waals surface area contributed by atoms with E-state index in [4.69, 9.17) is 21.4 Å². The largest absolute Gasteiger partial charge is 0.490 e. The molecule has 4 aliphatic carbocycles. The van der Waals surface area contributed by atoms with Crippen LogP contribution in [0.3, 0.4) is 0 Å². The molecule has 1 aromatic rings. The molecule has 0 heterocycles. The second-order valence-corrected chi connectivity index (χ2v) is 8.22. The predicted octanol–water partition coefficient (Wildman–Crippen LogP) is 4.52. The molecule has 0 aliphatic heterocycles. The highest BCUT2D eigenvalue weighted by Gasteiger charge is 2.58. The molecule has 0 saturated heterocycles. The highest BCUT2D eigenvalue weighted by molar-refractivity contribution is 6.32. The van der Waals surface area contributed by atoms with Crippen molar-refractivity contribution in [3.8, 4) is 11.8 Å². The van der Waals surface area contributed by atoms with E-state index in [1.165, 1.54) is 6.42 Å². The third-order valence-corrected chi connectivity index (χ3v) is 6.82. The first-order chi connectivity index (χ1) is 11.9. The van der Waals surface area contributed by atoms with Crippen molar-refractivity contribution < 1.29 is 19.0 Å². The van der Waals surface area contributed by atoms with E-state index in [1.807, 2.05) is 0 Å². The number of benzene rings is 1. The summed E-state index contributed by atoms with van der Waals surface area (Å²) in [7, 11) is 0. The molecule has 0 spiro atoms. The fourth-order valence-corrected chi connectivity index (χ4v) is 5.69. The summed E-state index contributed by atoms with van der Waals surface area (Å²) >= 11 is 6.06. The lowest BCUT2D eigenvalue weighted by atomic mass is 9.46. The molecule has 5 rings (SSSR count). The Morgan fingerprint density at radius 1 is 1.28 bits per heavy atom. The van der Waals surface area contributed by atoms with Gasteiger partial charge in [-0.2, -0.15) is 5.26 Å². The van der Waals surface area contributed by atoms with Crippen LogP contribution in [0.1, 0.15) is 42.5 Å². The molecule has 0 aromatic heterocycles. The molecular weight excluding hydrogens is 345 g/mol. The molecular formula is C19H19ClFNO3. The Morgan fingerprint density at radius 2 is 1.88 bits per heavy atom. The number of nitriles is 1. The van der Waals surface area contributed by atoms with Crippen molar-refractivity contribution in [2.24, 2.45) is 29.1 Å². The Hall–Kier alpha value is -1.80. The maximum absolute atomic E-state index is 13.9. The Bertz CT molecular complexity index is 745. The highest BCUT2D eigenvalue weighted by atomic mass is 35.5. The van der Waals surface area contributed by atoms with Crippen molar-refractivity contribution in [3.63, 3.8) is 0 Å². The second kappa shape index (κ2) is 5.88. The van der Waals surface area contributed by atoms with E-state index in [0.717, 1.165) is 49.7 Å². The summed E-state index contributed by atoms with van der Waals surface area (Å²) in [4.78, 5) is 11.0. The first-order valence-electron chi connectivity index (χ1n) is 8.69. The molecule has 4 fully saturated rings. The van der Waals surface area contributed by atoms with Gasteiger partial charge in [-0.25, -0.2) is 9.18 Å². The minimum atomic E-state index is -1.37. The highest BCUT2D eigenvalue weighted by Crippen LogP contribution is 2.62. The standard InChI is InChI=1S/C19H19ClFNO3/c20-15-6-14(18(23)24)16(21)7-17(15)25-9-19(8-22)12-2-10-1-11(4-12)5-13(19)3-10/h6-7,10-13H,1-5,9H2,(H,23,24)/t10-,11-,12-,13+,19?. The van der Waals surface area contributed by atoms with Gasteiger partial charge in [0.15, 0.2) is 0 Å². The van der Waals surface area contributed by atoms with Gasteiger partial charge >= 0.3 is 5.97 Å². The summed E-state index contributed by atoms with van der Waals surface area (Å²) in [6.45, 7) is 0.184. The lowest BCUT2D eigenvalue weighted by Crippen LogP contribution is -2.54. The lowest BCUT2D eigenvalue weighted by molar-refractivity contribution is -0.0942. The first-order valence-corrected chi connectivity index (χ1v) is 9.07. The SMILES string of the molecule is N#CC1(COc2cc(F)c(C(=O)O)cc2Cl)[C@H]2C[C@H]3C[C@H](C2)C[C@H]1C3. The minimum absolute atomic E-state index is 0.0516. The van der Waals surface area contributed by atoms with Crippen molar-refractivity contribution in [1.82, 2.24) is 0 Å². The van der Waals surface area contributed by atoms with Gasteiger partial charge in [0.1, 0.15) is 18.2 Å². The van der Waals surface area contributed by atoms with E-state index < -0.39 is 22.8 Å². The molecule has 0 radical (unpaired) electrons. The van der Waals surface area contributed by atoms with Crippen LogP contribution in [0.25, 0.3) is 0 Å². The maximum Gasteiger partial charge on any atom is 0.338 e. The third kappa shape index (κ3) is 2.58. The van der Waals surface area contributed by atoms with Gasteiger partial charge in [-0.15, -0.1) is 0 Å². The van der Waals surface area contributed by atoms with Crippen LogP contribution >= 0.6 is 11.6 Å². The average Bonchev–Trinajstić information content (AvgIpc) is 2.56. The van der Waals surface area contributed by atoms with Crippen molar-refractivity contribution in [1.29, 1.82) is 5.26 Å². The number of rotatable bonds is 4. The number of carboxylic acid groups (broad SMARTS) is 1. The number of carboxylic acids is 1. The molecule has 0 amide bonds. The monoisotopic (exact) mass is 363 g/mol. The zero-order valence-electron chi connectivity index (χ0n) is 13.7. The van der Waals surface area contributed by atoms with Gasteiger partial charge in [0.05, 0.1) is 22.1 Å². The number of carbonyl (C=O) groups is 1. The van der Waals surface area contributed by atoms with Crippen LogP contribution in [-0.4, -0.2) is 17.7 Å². The van der Waals surface area contributed by atoms with Crippen molar-refractivity contribution >= 4 is 17.6 Å². The molecule has 4 nitrogen and oxygen atoms in total. The van der Waals surface area contributed by atoms with Crippen LogP contribution in [0.2, 0.25) is 5.02 Å². The van der Waals surface area contributed by atoms with Crippen molar-refractivity contribution in [2.45, 2.75) is 32.1 Å². The smallest absolute Gasteiger partial charge is 0.338 e. The molecule has 132 valence electrons. The molecule has 0 unspecified atom stereocenters. The van der Waals surface area contributed by atoms with Crippen LogP contribution in [0, 0.1) is 46.2 Å². The van der Waals surface area contributed by atoms with Crippen LogP contribution in [0.15, 0.2) is 12.1 Å². The number of aromatic carboxylic acids is 1. The summed E-state index contributed by atoms with van der Waals surface area (Å²) in [6.07, 6.45) is 5.59. The number of halogens is 2. The van der Waals surface area contributed by atoms with E-state index in [0.29, 0.717) is 11.8 Å². The molecule has 1 aromatic carbocycles. The molecule has 4 aliphatic rings. The van der Waals surface area contributed by atoms with Gasteiger partial charge in [-0.1, -0.05) is 11.6 Å². The molecule has 4 bridgehead atoms. The van der Waals surface area contributed by atoms with E-state index in [1.54, 1.807) is 0 Å². The van der Waals surface area contributed by atoms with Crippen LogP contribution < -0.4 is 4.74 Å². The molecule has 1 N–H and O–H groups in total. The number of hydrogen-bond donors (Lipinski definition) is 1. The molecule has 0 atom stereocenters. The molecule has 25 heavy (non-hydrogen) atoms. The number of nitrogens with zero attached hydrogens (tertiary/aromatic N) is 1. The second-order valence-electron chi connectivity index (χ2n) is 7.81. The number of ether oxygens (including phenoxy) is 1. The lowest BCUT2D eigenvalue weighted by Gasteiger charge is -2.58. The summed E-state index contributed by atoms with van der Waals surface area (Å²) in [5.74, 6) is -0.0258. The number of hydrogen-bond acceptors (Lipinski definition) is 3. The zero-order valence-corrected chi connectivity index (χ0v) is 14.4. The third-order valence-electron chi connectivity index (χ3n) is 6.52. The maximum atomic E-state index is 13.9. The predicted molar refractivity (Wildman–Crippen MR) is 89.0 cm³/mol. The van der Waals surface area contributed by atoms with Gasteiger partial charge < -0.3 is 9.84 Å². The Labute approximate surface area is 150 Å². The summed E-state index contributed by atoms with van der Waals surface area (Å²) in [5.41, 5.74) is -1.03. The first kappa shape index (κ1) is 16.7. The summed E-state index contributed by atoms with van der Waals surface area (Å²) < 4.78 is 19.7. The molecule has 4 saturated carbocycles. The van der Waals surface area contributed by atoms with Gasteiger partial charge in [0.2, 0.25) is 0 Å². The van der Waals surface area contributed by atoms with E-state index in [-0.39, 0.29) is 17.4 Å². The Kier molecular flexibility index (Phi) is 3.92. The van der Waals surface area contributed by atoms with E-state index in [2.05, 4.69) is 6.07 Å². The summed E-state index contributed by atoms with van der Waals surface area (Å²) in [6, 6.07) is 4.61.